The van der Waals surface area contributed by atoms with Gasteiger partial charge in [-0.2, -0.15) is 0 Å². The van der Waals surface area contributed by atoms with Crippen molar-refractivity contribution in [2.45, 2.75) is 25.0 Å². The molecule has 0 radical (unpaired) electrons. The van der Waals surface area contributed by atoms with E-state index in [9.17, 15) is 13.2 Å². The Bertz CT molecular complexity index is 548. The van der Waals surface area contributed by atoms with Crippen LogP contribution in [0.25, 0.3) is 0 Å². The molecule has 1 fully saturated rings. The first kappa shape index (κ1) is 18.2. The summed E-state index contributed by atoms with van der Waals surface area (Å²) < 4.78 is 51.3. The molecule has 3 rings (SSSR count). The van der Waals surface area contributed by atoms with Crippen molar-refractivity contribution in [3.63, 3.8) is 0 Å². The highest BCUT2D eigenvalue weighted by Gasteiger charge is 2.35. The van der Waals surface area contributed by atoms with Gasteiger partial charge in [-0.1, -0.05) is 0 Å². The highest BCUT2D eigenvalue weighted by Crippen LogP contribution is 2.42. The summed E-state index contributed by atoms with van der Waals surface area (Å²) in [5.41, 5.74) is 0.0238. The van der Waals surface area contributed by atoms with Crippen molar-refractivity contribution in [2.24, 2.45) is 0 Å². The third-order valence-electron chi connectivity index (χ3n) is 4.13. The van der Waals surface area contributed by atoms with E-state index in [1.54, 1.807) is 7.11 Å². The van der Waals surface area contributed by atoms with Gasteiger partial charge in [0.15, 0.2) is 5.75 Å². The van der Waals surface area contributed by atoms with Crippen LogP contribution in [0.2, 0.25) is 0 Å². The lowest BCUT2D eigenvalue weighted by molar-refractivity contribution is 0.0696. The standard InChI is InChI=1S/C15H19F3N2O2.ClH/c1-21-8-11-6-10-7-19-2-3-20(10)13-5-9(16)4-12(15(17)18)14(13)22-11;/h4-5,10-11,15,19H,2-3,6-8H2,1H3;1H/t10-,11+;/m1./s1. The number of hydrogen-bond donors (Lipinski definition) is 1. The second-order valence-corrected chi connectivity index (χ2v) is 5.63. The van der Waals surface area contributed by atoms with Crippen LogP contribution in [-0.4, -0.2) is 45.5 Å². The van der Waals surface area contributed by atoms with Crippen molar-refractivity contribution < 1.29 is 22.6 Å². The van der Waals surface area contributed by atoms with Crippen LogP contribution in [-0.2, 0) is 4.74 Å². The van der Waals surface area contributed by atoms with Gasteiger partial charge in [-0.3, -0.25) is 0 Å². The van der Waals surface area contributed by atoms with Crippen molar-refractivity contribution in [1.29, 1.82) is 0 Å². The molecule has 1 aromatic rings. The minimum atomic E-state index is -2.79. The van der Waals surface area contributed by atoms with Crippen LogP contribution in [0.3, 0.4) is 0 Å². The summed E-state index contributed by atoms with van der Waals surface area (Å²) in [4.78, 5) is 1.97. The number of nitrogens with one attached hydrogen (secondary N) is 1. The number of halogens is 4. The number of hydrogen-bond acceptors (Lipinski definition) is 4. The predicted octanol–water partition coefficient (Wildman–Crippen LogP) is 2.76. The lowest BCUT2D eigenvalue weighted by Gasteiger charge is -2.37. The van der Waals surface area contributed by atoms with E-state index in [2.05, 4.69) is 5.32 Å². The molecule has 4 nitrogen and oxygen atoms in total. The zero-order valence-electron chi connectivity index (χ0n) is 12.7. The Morgan fingerprint density at radius 1 is 1.43 bits per heavy atom. The molecule has 0 aliphatic carbocycles. The van der Waals surface area contributed by atoms with Crippen molar-refractivity contribution >= 4 is 18.1 Å². The van der Waals surface area contributed by atoms with Crippen molar-refractivity contribution in [2.75, 3.05) is 38.3 Å². The summed E-state index contributed by atoms with van der Waals surface area (Å²) in [5, 5.41) is 3.28. The quantitative estimate of drug-likeness (QED) is 0.907. The van der Waals surface area contributed by atoms with Crippen molar-refractivity contribution in [3.8, 4) is 5.75 Å². The molecule has 1 saturated heterocycles. The van der Waals surface area contributed by atoms with Gasteiger partial charge >= 0.3 is 0 Å². The Labute approximate surface area is 139 Å². The molecule has 0 bridgehead atoms. The van der Waals surface area contributed by atoms with Gasteiger partial charge in [-0.05, 0) is 6.07 Å². The van der Waals surface area contributed by atoms with Crippen LogP contribution in [0, 0.1) is 5.82 Å². The number of fused-ring (bicyclic) bond motifs is 3. The van der Waals surface area contributed by atoms with E-state index in [4.69, 9.17) is 9.47 Å². The van der Waals surface area contributed by atoms with Gasteiger partial charge in [0, 0.05) is 45.3 Å². The number of anilines is 1. The van der Waals surface area contributed by atoms with Gasteiger partial charge in [0.2, 0.25) is 0 Å². The molecule has 130 valence electrons. The SMILES string of the molecule is COC[C@@H]1C[C@@H]2CNCCN2c2cc(F)cc(C(F)F)c2O1.Cl. The Kier molecular flexibility index (Phi) is 6.00. The highest BCUT2D eigenvalue weighted by molar-refractivity contribution is 5.85. The summed E-state index contributed by atoms with van der Waals surface area (Å²) in [5.74, 6) is -0.581. The third kappa shape index (κ3) is 3.67. The smallest absolute Gasteiger partial charge is 0.267 e. The number of methoxy groups -OCH3 is 1. The summed E-state index contributed by atoms with van der Waals surface area (Å²) in [6, 6.07) is 2.22. The third-order valence-corrected chi connectivity index (χ3v) is 4.13. The summed E-state index contributed by atoms with van der Waals surface area (Å²) >= 11 is 0. The van der Waals surface area contributed by atoms with Crippen LogP contribution in [0.15, 0.2) is 12.1 Å². The molecule has 1 N–H and O–H groups in total. The summed E-state index contributed by atoms with van der Waals surface area (Å²) in [7, 11) is 1.55. The molecular formula is C15H20ClF3N2O2. The monoisotopic (exact) mass is 352 g/mol. The van der Waals surface area contributed by atoms with Crippen molar-refractivity contribution in [3.05, 3.63) is 23.5 Å². The second kappa shape index (κ2) is 7.59. The predicted molar refractivity (Wildman–Crippen MR) is 83.5 cm³/mol. The molecule has 0 unspecified atom stereocenters. The molecule has 0 aromatic heterocycles. The number of piperazine rings is 1. The largest absolute Gasteiger partial charge is 0.485 e. The molecular weight excluding hydrogens is 333 g/mol. The number of rotatable bonds is 3. The fraction of sp³-hybridized carbons (Fsp3) is 0.600. The van der Waals surface area contributed by atoms with E-state index in [0.29, 0.717) is 31.8 Å². The van der Waals surface area contributed by atoms with Gasteiger partial charge in [-0.25, -0.2) is 13.2 Å². The molecule has 8 heteroatoms. The second-order valence-electron chi connectivity index (χ2n) is 5.63. The topological polar surface area (TPSA) is 33.7 Å². The van der Waals surface area contributed by atoms with E-state index in [1.807, 2.05) is 4.90 Å². The Balaban J connectivity index is 0.00000192. The Hall–Kier alpha value is -1.18. The molecule has 2 heterocycles. The van der Waals surface area contributed by atoms with Crippen molar-refractivity contribution in [1.82, 2.24) is 5.32 Å². The highest BCUT2D eigenvalue weighted by atomic mass is 35.5. The first-order valence-corrected chi connectivity index (χ1v) is 7.34. The van der Waals surface area contributed by atoms with E-state index in [0.717, 1.165) is 12.6 Å². The van der Waals surface area contributed by atoms with Crippen LogP contribution in [0.5, 0.6) is 5.75 Å². The zero-order valence-corrected chi connectivity index (χ0v) is 13.5. The van der Waals surface area contributed by atoms with Gasteiger partial charge in [0.25, 0.3) is 6.43 Å². The number of benzene rings is 1. The minimum Gasteiger partial charge on any atom is -0.485 e. The lowest BCUT2D eigenvalue weighted by Crippen LogP contribution is -2.52. The Morgan fingerprint density at radius 2 is 2.22 bits per heavy atom. The van der Waals surface area contributed by atoms with Crippen LogP contribution >= 0.6 is 12.4 Å². The van der Waals surface area contributed by atoms with Crippen LogP contribution in [0.1, 0.15) is 18.4 Å². The van der Waals surface area contributed by atoms with E-state index in [-0.39, 0.29) is 30.3 Å². The maximum absolute atomic E-state index is 13.8. The maximum Gasteiger partial charge on any atom is 0.267 e. The number of nitrogens with zero attached hydrogens (tertiary/aromatic N) is 1. The van der Waals surface area contributed by atoms with E-state index in [1.165, 1.54) is 6.07 Å². The van der Waals surface area contributed by atoms with E-state index >= 15 is 0 Å². The molecule has 23 heavy (non-hydrogen) atoms. The van der Waals surface area contributed by atoms with E-state index < -0.39 is 17.8 Å². The first-order valence-electron chi connectivity index (χ1n) is 7.34. The lowest BCUT2D eigenvalue weighted by atomic mass is 10.1. The van der Waals surface area contributed by atoms with Crippen LogP contribution < -0.4 is 15.0 Å². The Morgan fingerprint density at radius 3 is 2.91 bits per heavy atom. The fourth-order valence-electron chi connectivity index (χ4n) is 3.20. The molecule has 0 amide bonds. The molecule has 0 saturated carbocycles. The van der Waals surface area contributed by atoms with Gasteiger partial charge in [-0.15, -0.1) is 12.4 Å². The zero-order chi connectivity index (χ0) is 15.7. The fourth-order valence-corrected chi connectivity index (χ4v) is 3.20. The summed E-state index contributed by atoms with van der Waals surface area (Å²) in [6.07, 6.45) is -2.48. The summed E-state index contributed by atoms with van der Waals surface area (Å²) in [6.45, 7) is 2.38. The van der Waals surface area contributed by atoms with Gasteiger partial charge < -0.3 is 19.7 Å². The normalized spacial score (nSPS) is 23.4. The first-order chi connectivity index (χ1) is 10.6. The average Bonchev–Trinajstić information content (AvgIpc) is 2.63. The van der Waals surface area contributed by atoms with Gasteiger partial charge in [0.1, 0.15) is 11.9 Å². The minimum absolute atomic E-state index is 0. The molecule has 2 atom stereocenters. The molecule has 2 aliphatic rings. The molecule has 2 aliphatic heterocycles. The average molecular weight is 353 g/mol. The van der Waals surface area contributed by atoms with Crippen LogP contribution in [0.4, 0.5) is 18.9 Å². The number of ether oxygens (including phenoxy) is 2. The molecule has 1 aromatic carbocycles. The molecule has 0 spiro atoms. The van der Waals surface area contributed by atoms with Gasteiger partial charge in [0.05, 0.1) is 17.9 Å². The number of alkyl halides is 2. The maximum atomic E-state index is 13.8.